The molecule has 1 aromatic heterocycles. The molecule has 2 aromatic rings. The van der Waals surface area contributed by atoms with Crippen LogP contribution in [0.3, 0.4) is 0 Å². The molecule has 0 radical (unpaired) electrons. The minimum absolute atomic E-state index is 0.318. The average molecular weight is 268 g/mol. The van der Waals surface area contributed by atoms with Crippen molar-refractivity contribution in [3.8, 4) is 11.1 Å². The fourth-order valence-corrected chi connectivity index (χ4v) is 3.16. The van der Waals surface area contributed by atoms with Gasteiger partial charge in [-0.2, -0.15) is 5.10 Å². The molecule has 0 atom stereocenters. The van der Waals surface area contributed by atoms with E-state index in [4.69, 9.17) is 10.2 Å². The highest BCUT2D eigenvalue weighted by atomic mass is 16.3. The van der Waals surface area contributed by atoms with Gasteiger partial charge in [0.2, 0.25) is 0 Å². The highest BCUT2D eigenvalue weighted by molar-refractivity contribution is 5.66. The van der Waals surface area contributed by atoms with Gasteiger partial charge in [-0.05, 0) is 37.2 Å². The Kier molecular flexibility index (Phi) is 2.88. The minimum Gasteiger partial charge on any atom is -0.396 e. The van der Waals surface area contributed by atoms with E-state index in [0.717, 1.165) is 12.8 Å². The van der Waals surface area contributed by atoms with Crippen LogP contribution in [0.15, 0.2) is 36.5 Å². The number of nitrogens with zero attached hydrogens (tertiary/aromatic N) is 2. The van der Waals surface area contributed by atoms with Gasteiger partial charge < -0.3 is 5.11 Å². The first-order valence-electron chi connectivity index (χ1n) is 7.60. The van der Waals surface area contributed by atoms with Crippen LogP contribution in [0.25, 0.3) is 11.1 Å². The van der Waals surface area contributed by atoms with E-state index < -0.39 is 0 Å². The minimum atomic E-state index is 0.318. The van der Waals surface area contributed by atoms with Crippen LogP contribution in [-0.2, 0) is 0 Å². The molecule has 3 nitrogen and oxygen atoms in total. The zero-order valence-corrected chi connectivity index (χ0v) is 11.6. The summed E-state index contributed by atoms with van der Waals surface area (Å²) in [6, 6.07) is 11.1. The average Bonchev–Trinajstić information content (AvgIpc) is 3.19. The van der Waals surface area contributed by atoms with Crippen LogP contribution < -0.4 is 0 Å². The number of hydrogen-bond donors (Lipinski definition) is 1. The molecule has 0 aliphatic heterocycles. The summed E-state index contributed by atoms with van der Waals surface area (Å²) < 4.78 is 2.15. The summed E-state index contributed by atoms with van der Waals surface area (Å²) in [5.41, 5.74) is 3.86. The number of aliphatic hydroxyl groups is 1. The SMILES string of the molecule is OCC1CC(n2cc(-c3ccccc3)c(C3CC3)n2)C1. The number of rotatable bonds is 4. The first-order valence-corrected chi connectivity index (χ1v) is 7.60. The van der Waals surface area contributed by atoms with Crippen molar-refractivity contribution in [1.82, 2.24) is 9.78 Å². The highest BCUT2D eigenvalue weighted by Crippen LogP contribution is 2.45. The predicted octanol–water partition coefficient (Wildman–Crippen LogP) is 3.37. The van der Waals surface area contributed by atoms with E-state index in [2.05, 4.69) is 41.2 Å². The van der Waals surface area contributed by atoms with Gasteiger partial charge in [0.15, 0.2) is 0 Å². The Hall–Kier alpha value is -1.61. The van der Waals surface area contributed by atoms with Crippen LogP contribution in [0.4, 0.5) is 0 Å². The van der Waals surface area contributed by atoms with Crippen LogP contribution in [0.1, 0.15) is 43.3 Å². The van der Waals surface area contributed by atoms with E-state index in [1.807, 2.05) is 0 Å². The summed E-state index contributed by atoms with van der Waals surface area (Å²) in [5, 5.41) is 14.0. The molecule has 2 saturated carbocycles. The molecule has 0 spiro atoms. The van der Waals surface area contributed by atoms with Gasteiger partial charge in [0.05, 0.1) is 11.7 Å². The van der Waals surface area contributed by atoms with Crippen LogP contribution in [0.2, 0.25) is 0 Å². The molecular formula is C17H20N2O. The molecule has 0 saturated heterocycles. The summed E-state index contributed by atoms with van der Waals surface area (Å²) in [7, 11) is 0. The molecule has 104 valence electrons. The fourth-order valence-electron chi connectivity index (χ4n) is 3.16. The van der Waals surface area contributed by atoms with Gasteiger partial charge >= 0.3 is 0 Å². The predicted molar refractivity (Wildman–Crippen MR) is 78.5 cm³/mol. The van der Waals surface area contributed by atoms with Crippen LogP contribution in [-0.4, -0.2) is 21.5 Å². The second-order valence-corrected chi connectivity index (χ2v) is 6.22. The van der Waals surface area contributed by atoms with Crippen molar-refractivity contribution in [2.45, 2.75) is 37.6 Å². The first kappa shape index (κ1) is 12.2. The molecule has 3 heteroatoms. The third-order valence-corrected chi connectivity index (χ3v) is 4.65. The van der Waals surface area contributed by atoms with Crippen molar-refractivity contribution in [3.05, 3.63) is 42.2 Å². The second kappa shape index (κ2) is 4.74. The van der Waals surface area contributed by atoms with E-state index in [1.54, 1.807) is 0 Å². The zero-order chi connectivity index (χ0) is 13.5. The third-order valence-electron chi connectivity index (χ3n) is 4.65. The quantitative estimate of drug-likeness (QED) is 0.923. The Bertz CT molecular complexity index is 595. The van der Waals surface area contributed by atoms with Gasteiger partial charge in [0.25, 0.3) is 0 Å². The van der Waals surface area contributed by atoms with Crippen molar-refractivity contribution in [1.29, 1.82) is 0 Å². The lowest BCUT2D eigenvalue weighted by atomic mass is 9.81. The maximum atomic E-state index is 9.16. The van der Waals surface area contributed by atoms with Crippen LogP contribution in [0.5, 0.6) is 0 Å². The third kappa shape index (κ3) is 2.06. The molecule has 2 aliphatic rings. The Labute approximate surface area is 119 Å². The Morgan fingerprint density at radius 1 is 1.15 bits per heavy atom. The maximum absolute atomic E-state index is 9.16. The number of hydrogen-bond acceptors (Lipinski definition) is 2. The van der Waals surface area contributed by atoms with Crippen LogP contribution >= 0.6 is 0 Å². The normalized spacial score (nSPS) is 25.4. The molecule has 1 N–H and O–H groups in total. The monoisotopic (exact) mass is 268 g/mol. The highest BCUT2D eigenvalue weighted by Gasteiger charge is 2.34. The lowest BCUT2D eigenvalue weighted by Crippen LogP contribution is -2.29. The Morgan fingerprint density at radius 3 is 2.55 bits per heavy atom. The smallest absolute Gasteiger partial charge is 0.0733 e. The van der Waals surface area contributed by atoms with E-state index in [9.17, 15) is 0 Å². The van der Waals surface area contributed by atoms with Gasteiger partial charge in [-0.15, -0.1) is 0 Å². The summed E-state index contributed by atoms with van der Waals surface area (Å²) in [6.45, 7) is 0.318. The van der Waals surface area contributed by atoms with Crippen LogP contribution in [0, 0.1) is 5.92 Å². The molecule has 1 heterocycles. The van der Waals surface area contributed by atoms with Crippen molar-refractivity contribution in [3.63, 3.8) is 0 Å². The first-order chi connectivity index (χ1) is 9.85. The fraction of sp³-hybridized carbons (Fsp3) is 0.471. The van der Waals surface area contributed by atoms with E-state index in [1.165, 1.54) is 29.7 Å². The van der Waals surface area contributed by atoms with E-state index in [-0.39, 0.29) is 0 Å². The summed E-state index contributed by atoms with van der Waals surface area (Å²) in [4.78, 5) is 0. The van der Waals surface area contributed by atoms with Gasteiger partial charge in [0.1, 0.15) is 0 Å². The topological polar surface area (TPSA) is 38.0 Å². The standard InChI is InChI=1S/C17H20N2O/c20-11-12-8-15(9-12)19-10-16(13-4-2-1-3-5-13)17(18-19)14-6-7-14/h1-5,10,12,14-15,20H,6-9,11H2. The van der Waals surface area contributed by atoms with Gasteiger partial charge in [-0.3, -0.25) is 4.68 Å². The number of benzene rings is 1. The van der Waals surface area contributed by atoms with Crippen molar-refractivity contribution < 1.29 is 5.11 Å². The second-order valence-electron chi connectivity index (χ2n) is 6.22. The Balaban J connectivity index is 1.66. The molecular weight excluding hydrogens is 248 g/mol. The zero-order valence-electron chi connectivity index (χ0n) is 11.6. The molecule has 20 heavy (non-hydrogen) atoms. The molecule has 2 fully saturated rings. The molecule has 0 unspecified atom stereocenters. The molecule has 4 rings (SSSR count). The lowest BCUT2D eigenvalue weighted by Gasteiger charge is -2.34. The molecule has 1 aromatic carbocycles. The molecule has 2 aliphatic carbocycles. The molecule has 0 amide bonds. The van der Waals surface area contributed by atoms with Crippen molar-refractivity contribution in [2.24, 2.45) is 5.92 Å². The van der Waals surface area contributed by atoms with E-state index in [0.29, 0.717) is 24.5 Å². The summed E-state index contributed by atoms with van der Waals surface area (Å²) >= 11 is 0. The van der Waals surface area contributed by atoms with Gasteiger partial charge in [-0.25, -0.2) is 0 Å². The largest absolute Gasteiger partial charge is 0.396 e. The number of aromatic nitrogens is 2. The van der Waals surface area contributed by atoms with Crippen molar-refractivity contribution >= 4 is 0 Å². The number of aliphatic hydroxyl groups excluding tert-OH is 1. The summed E-state index contributed by atoms with van der Waals surface area (Å²) in [6.07, 6.45) is 6.91. The summed E-state index contributed by atoms with van der Waals surface area (Å²) in [5.74, 6) is 1.15. The van der Waals surface area contributed by atoms with Gasteiger partial charge in [0, 0.05) is 24.3 Å². The van der Waals surface area contributed by atoms with E-state index >= 15 is 0 Å². The lowest BCUT2D eigenvalue weighted by molar-refractivity contribution is 0.105. The van der Waals surface area contributed by atoms with Gasteiger partial charge in [-0.1, -0.05) is 30.3 Å². The maximum Gasteiger partial charge on any atom is 0.0733 e. The molecule has 0 bridgehead atoms. The Morgan fingerprint density at radius 2 is 1.90 bits per heavy atom. The van der Waals surface area contributed by atoms with Crippen molar-refractivity contribution in [2.75, 3.05) is 6.61 Å².